The summed E-state index contributed by atoms with van der Waals surface area (Å²) >= 11 is 1.74. The number of benzene rings is 1. The van der Waals surface area contributed by atoms with Gasteiger partial charge in [0.1, 0.15) is 0 Å². The van der Waals surface area contributed by atoms with E-state index in [0.29, 0.717) is 26.2 Å². The Bertz CT molecular complexity index is 500. The molecule has 2 amide bonds. The molecule has 0 aliphatic carbocycles. The van der Waals surface area contributed by atoms with Crippen molar-refractivity contribution in [1.29, 1.82) is 0 Å². The predicted molar refractivity (Wildman–Crippen MR) is 80.5 cm³/mol. The molecule has 0 N–H and O–H groups in total. The summed E-state index contributed by atoms with van der Waals surface area (Å²) in [4.78, 5) is 29.0. The van der Waals surface area contributed by atoms with Crippen LogP contribution in [0.2, 0.25) is 0 Å². The minimum Gasteiger partial charge on any atom is -0.335 e. The highest BCUT2D eigenvalue weighted by molar-refractivity contribution is 7.99. The Morgan fingerprint density at radius 3 is 2.65 bits per heavy atom. The smallest absolute Gasteiger partial charge is 0.312 e. The molecule has 4 nitrogen and oxygen atoms in total. The third-order valence-electron chi connectivity index (χ3n) is 3.47. The second kappa shape index (κ2) is 6.79. The molecule has 0 aromatic heterocycles. The van der Waals surface area contributed by atoms with E-state index >= 15 is 0 Å². The maximum absolute atomic E-state index is 12.3. The Morgan fingerprint density at radius 1 is 1.25 bits per heavy atom. The van der Waals surface area contributed by atoms with Crippen LogP contribution in [0, 0.1) is 0 Å². The molecule has 5 heteroatoms. The molecule has 20 heavy (non-hydrogen) atoms. The molecule has 0 saturated carbocycles. The van der Waals surface area contributed by atoms with E-state index in [9.17, 15) is 9.59 Å². The van der Waals surface area contributed by atoms with Gasteiger partial charge in [0.15, 0.2) is 0 Å². The van der Waals surface area contributed by atoms with Gasteiger partial charge in [-0.3, -0.25) is 9.59 Å². The van der Waals surface area contributed by atoms with Gasteiger partial charge in [0.05, 0.1) is 0 Å². The number of thioether (sulfide) groups is 1. The Labute approximate surface area is 124 Å². The maximum Gasteiger partial charge on any atom is 0.312 e. The first kappa shape index (κ1) is 14.9. The molecular formula is C15H20N2O2S. The van der Waals surface area contributed by atoms with Gasteiger partial charge in [-0.15, -0.1) is 11.8 Å². The van der Waals surface area contributed by atoms with Crippen LogP contribution in [0.1, 0.15) is 19.4 Å². The van der Waals surface area contributed by atoms with Gasteiger partial charge < -0.3 is 9.80 Å². The molecule has 0 bridgehead atoms. The second-order valence-corrected chi connectivity index (χ2v) is 5.80. The Kier molecular flexibility index (Phi) is 5.06. The number of amides is 2. The third-order valence-corrected chi connectivity index (χ3v) is 4.57. The van der Waals surface area contributed by atoms with Gasteiger partial charge in [0.2, 0.25) is 0 Å². The van der Waals surface area contributed by atoms with E-state index in [1.807, 2.05) is 32.0 Å². The van der Waals surface area contributed by atoms with E-state index in [1.54, 1.807) is 21.6 Å². The molecule has 0 spiro atoms. The average Bonchev–Trinajstić information content (AvgIpc) is 2.69. The maximum atomic E-state index is 12.3. The topological polar surface area (TPSA) is 40.6 Å². The summed E-state index contributed by atoms with van der Waals surface area (Å²) in [5, 5.41) is 0. The number of hydrogen-bond donors (Lipinski definition) is 0. The highest BCUT2D eigenvalue weighted by atomic mass is 32.2. The Hall–Kier alpha value is -1.49. The zero-order valence-electron chi connectivity index (χ0n) is 12.0. The van der Waals surface area contributed by atoms with Crippen molar-refractivity contribution >= 4 is 23.6 Å². The Balaban J connectivity index is 2.13. The molecule has 1 aromatic rings. The fourth-order valence-electron chi connectivity index (χ4n) is 2.28. The largest absolute Gasteiger partial charge is 0.335 e. The molecule has 2 rings (SSSR count). The summed E-state index contributed by atoms with van der Waals surface area (Å²) in [6.07, 6.45) is 0. The van der Waals surface area contributed by atoms with Crippen LogP contribution in [0.15, 0.2) is 29.2 Å². The van der Waals surface area contributed by atoms with E-state index in [-0.39, 0.29) is 11.8 Å². The molecule has 0 saturated heterocycles. The van der Waals surface area contributed by atoms with E-state index < -0.39 is 0 Å². The lowest BCUT2D eigenvalue weighted by Gasteiger charge is -2.24. The fraction of sp³-hybridized carbons (Fsp3) is 0.467. The van der Waals surface area contributed by atoms with Crippen molar-refractivity contribution in [1.82, 2.24) is 9.80 Å². The van der Waals surface area contributed by atoms with Crippen molar-refractivity contribution < 1.29 is 9.59 Å². The number of fused-ring (bicyclic) bond motifs is 1. The van der Waals surface area contributed by atoms with Gasteiger partial charge in [-0.25, -0.2) is 0 Å². The summed E-state index contributed by atoms with van der Waals surface area (Å²) in [7, 11) is 0. The monoisotopic (exact) mass is 292 g/mol. The highest BCUT2D eigenvalue weighted by Crippen LogP contribution is 2.27. The average molecular weight is 292 g/mol. The van der Waals surface area contributed by atoms with Crippen LogP contribution in [-0.2, 0) is 16.1 Å². The number of rotatable bonds is 2. The van der Waals surface area contributed by atoms with Gasteiger partial charge in [0.25, 0.3) is 0 Å². The zero-order valence-corrected chi connectivity index (χ0v) is 12.8. The lowest BCUT2D eigenvalue weighted by Crippen LogP contribution is -2.45. The SMILES string of the molecule is CCN(CC)C(=O)C(=O)N1CCSc2ccccc2C1. The number of hydrogen-bond acceptors (Lipinski definition) is 3. The van der Waals surface area contributed by atoms with Gasteiger partial charge in [-0.05, 0) is 25.5 Å². The van der Waals surface area contributed by atoms with Crippen LogP contribution in [0.3, 0.4) is 0 Å². The van der Waals surface area contributed by atoms with Gasteiger partial charge >= 0.3 is 11.8 Å². The van der Waals surface area contributed by atoms with Crippen LogP contribution < -0.4 is 0 Å². The standard InChI is InChI=1S/C15H20N2O2S/c1-3-16(4-2)14(18)15(19)17-9-10-20-13-8-6-5-7-12(13)11-17/h5-8H,3-4,9-11H2,1-2H3. The quantitative estimate of drug-likeness (QED) is 0.783. The summed E-state index contributed by atoms with van der Waals surface area (Å²) in [6.45, 7) is 6.06. The number of likely N-dealkylation sites (N-methyl/N-ethyl adjacent to an activating group) is 1. The van der Waals surface area contributed by atoms with Crippen LogP contribution in [0.4, 0.5) is 0 Å². The van der Waals surface area contributed by atoms with Gasteiger partial charge in [-0.2, -0.15) is 0 Å². The van der Waals surface area contributed by atoms with E-state index in [2.05, 4.69) is 6.07 Å². The minimum absolute atomic E-state index is 0.383. The minimum atomic E-state index is -0.389. The van der Waals surface area contributed by atoms with Crippen LogP contribution in [-0.4, -0.2) is 47.0 Å². The van der Waals surface area contributed by atoms with Crippen molar-refractivity contribution in [2.24, 2.45) is 0 Å². The van der Waals surface area contributed by atoms with Crippen molar-refractivity contribution in [2.75, 3.05) is 25.4 Å². The van der Waals surface area contributed by atoms with Gasteiger partial charge in [0, 0.05) is 36.8 Å². The zero-order chi connectivity index (χ0) is 14.5. The van der Waals surface area contributed by atoms with Crippen LogP contribution in [0.25, 0.3) is 0 Å². The van der Waals surface area contributed by atoms with Crippen LogP contribution >= 0.6 is 11.8 Å². The lowest BCUT2D eigenvalue weighted by molar-refractivity contribution is -0.151. The molecule has 1 heterocycles. The number of nitrogens with zero attached hydrogens (tertiary/aromatic N) is 2. The summed E-state index contributed by atoms with van der Waals surface area (Å²) < 4.78 is 0. The first-order chi connectivity index (χ1) is 9.67. The molecule has 0 atom stereocenters. The van der Waals surface area contributed by atoms with Crippen molar-refractivity contribution in [3.63, 3.8) is 0 Å². The summed E-state index contributed by atoms with van der Waals surface area (Å²) in [6, 6.07) is 8.07. The lowest BCUT2D eigenvalue weighted by atomic mass is 10.2. The second-order valence-electron chi connectivity index (χ2n) is 4.66. The Morgan fingerprint density at radius 2 is 1.95 bits per heavy atom. The number of carbonyl (C=O) groups excluding carboxylic acids is 2. The predicted octanol–water partition coefficient (Wildman–Crippen LogP) is 1.99. The van der Waals surface area contributed by atoms with Crippen molar-refractivity contribution in [2.45, 2.75) is 25.3 Å². The van der Waals surface area contributed by atoms with E-state index in [1.165, 1.54) is 4.90 Å². The van der Waals surface area contributed by atoms with Crippen molar-refractivity contribution in [3.8, 4) is 0 Å². The van der Waals surface area contributed by atoms with Crippen molar-refractivity contribution in [3.05, 3.63) is 29.8 Å². The first-order valence-corrected chi connectivity index (χ1v) is 7.94. The summed E-state index contributed by atoms with van der Waals surface area (Å²) in [5.74, 6) is 0.0549. The first-order valence-electron chi connectivity index (χ1n) is 6.96. The summed E-state index contributed by atoms with van der Waals surface area (Å²) in [5.41, 5.74) is 1.12. The molecule has 0 fully saturated rings. The fourth-order valence-corrected chi connectivity index (χ4v) is 3.30. The molecular weight excluding hydrogens is 272 g/mol. The molecule has 0 radical (unpaired) electrons. The van der Waals surface area contributed by atoms with Gasteiger partial charge in [-0.1, -0.05) is 18.2 Å². The number of carbonyl (C=O) groups is 2. The third kappa shape index (κ3) is 3.15. The van der Waals surface area contributed by atoms with Crippen LogP contribution in [0.5, 0.6) is 0 Å². The molecule has 108 valence electrons. The normalized spacial score (nSPS) is 14.4. The van der Waals surface area contributed by atoms with E-state index in [0.717, 1.165) is 11.3 Å². The molecule has 1 aliphatic rings. The molecule has 1 aliphatic heterocycles. The molecule has 0 unspecified atom stereocenters. The van der Waals surface area contributed by atoms with E-state index in [4.69, 9.17) is 0 Å². The highest BCUT2D eigenvalue weighted by Gasteiger charge is 2.27. The molecule has 1 aromatic carbocycles.